The second kappa shape index (κ2) is 10.9. The van der Waals surface area contributed by atoms with Crippen molar-refractivity contribution in [1.29, 1.82) is 5.26 Å². The van der Waals surface area contributed by atoms with Crippen molar-refractivity contribution >= 4 is 6.09 Å². The molecule has 9 heteroatoms. The molecule has 2 bridgehead atoms. The van der Waals surface area contributed by atoms with Crippen molar-refractivity contribution in [2.45, 2.75) is 45.0 Å². The number of nitriles is 1. The molecule has 3 rings (SSSR count). The number of hydrogen-bond acceptors (Lipinski definition) is 7. The summed E-state index contributed by atoms with van der Waals surface area (Å²) in [5.41, 5.74) is -0.209. The van der Waals surface area contributed by atoms with Gasteiger partial charge in [0, 0.05) is 45.8 Å². The molecule has 2 aliphatic rings. The van der Waals surface area contributed by atoms with Crippen LogP contribution in [0.25, 0.3) is 0 Å². The highest BCUT2D eigenvalue weighted by Gasteiger charge is 2.34. The number of halogens is 1. The Morgan fingerprint density at radius 2 is 1.88 bits per heavy atom. The molecule has 1 aromatic rings. The number of morpholine rings is 2. The van der Waals surface area contributed by atoms with Crippen LogP contribution < -0.4 is 10.1 Å². The molecule has 0 saturated carbocycles. The fourth-order valence-corrected chi connectivity index (χ4v) is 4.01. The average molecular weight is 449 g/mol. The maximum absolute atomic E-state index is 13.9. The van der Waals surface area contributed by atoms with E-state index in [1.165, 1.54) is 12.1 Å². The van der Waals surface area contributed by atoms with Gasteiger partial charge in [0.25, 0.3) is 0 Å². The number of amides is 1. The summed E-state index contributed by atoms with van der Waals surface area (Å²) in [6, 6.07) is 6.15. The number of alkyl carbamates (subject to hydrolysis) is 1. The van der Waals surface area contributed by atoms with E-state index in [-0.39, 0.29) is 29.6 Å². The van der Waals surface area contributed by atoms with E-state index in [1.54, 1.807) is 6.07 Å². The molecule has 2 heterocycles. The van der Waals surface area contributed by atoms with Crippen LogP contribution in [0.15, 0.2) is 18.2 Å². The van der Waals surface area contributed by atoms with Gasteiger partial charge in [0.2, 0.25) is 0 Å². The number of carbonyl (C=O) groups excluding carboxylic acids is 1. The predicted molar refractivity (Wildman–Crippen MR) is 117 cm³/mol. The van der Waals surface area contributed by atoms with Gasteiger partial charge in [-0.1, -0.05) is 0 Å². The van der Waals surface area contributed by atoms with Crippen LogP contribution >= 0.6 is 0 Å². The lowest BCUT2D eigenvalue weighted by atomic mass is 10.1. The summed E-state index contributed by atoms with van der Waals surface area (Å²) in [7, 11) is 0. The van der Waals surface area contributed by atoms with Gasteiger partial charge in [-0.2, -0.15) is 5.26 Å². The highest BCUT2D eigenvalue weighted by atomic mass is 19.1. The summed E-state index contributed by atoms with van der Waals surface area (Å²) >= 11 is 0. The molecule has 32 heavy (non-hydrogen) atoms. The number of rotatable bonds is 8. The van der Waals surface area contributed by atoms with Crippen LogP contribution in [0.3, 0.4) is 0 Å². The van der Waals surface area contributed by atoms with Crippen molar-refractivity contribution in [1.82, 2.24) is 15.1 Å². The lowest BCUT2D eigenvalue weighted by Gasteiger charge is -2.45. The summed E-state index contributed by atoms with van der Waals surface area (Å²) in [4.78, 5) is 16.4. The van der Waals surface area contributed by atoms with Crippen LogP contribution in [0.4, 0.5) is 9.18 Å². The number of carbonyl (C=O) groups is 1. The topological polar surface area (TPSA) is 87.1 Å². The summed E-state index contributed by atoms with van der Waals surface area (Å²) in [5, 5.41) is 11.6. The number of nitrogens with one attached hydrogen (secondary N) is 1. The van der Waals surface area contributed by atoms with Crippen molar-refractivity contribution in [3.8, 4) is 11.8 Å². The first-order valence-electron chi connectivity index (χ1n) is 11.1. The minimum atomic E-state index is -0.514. The Kier molecular flexibility index (Phi) is 8.29. The van der Waals surface area contributed by atoms with Crippen molar-refractivity contribution in [2.24, 2.45) is 0 Å². The molecular formula is C23H33FN4O4. The van der Waals surface area contributed by atoms with Gasteiger partial charge in [-0.25, -0.2) is 9.18 Å². The molecule has 8 nitrogen and oxygen atoms in total. The third-order valence-electron chi connectivity index (χ3n) is 5.28. The van der Waals surface area contributed by atoms with Gasteiger partial charge in [-0.15, -0.1) is 0 Å². The zero-order valence-corrected chi connectivity index (χ0v) is 19.1. The summed E-state index contributed by atoms with van der Waals surface area (Å²) in [6.45, 7) is 11.4. The normalized spacial score (nSPS) is 21.6. The van der Waals surface area contributed by atoms with Crippen molar-refractivity contribution in [2.75, 3.05) is 52.4 Å². The molecule has 176 valence electrons. The monoisotopic (exact) mass is 448 g/mol. The standard InChI is InChI=1S/C23H33FN4O4/c1-23(2,3)32-22(29)26-7-4-8-27-13-18-15-28(16-19(14-27)31-18)9-10-30-21-6-5-17(12-25)11-20(21)24/h5-6,11,18-19H,4,7-10,13-16H2,1-3H3,(H,26,29). The van der Waals surface area contributed by atoms with Gasteiger partial charge >= 0.3 is 6.09 Å². The molecule has 0 radical (unpaired) electrons. The molecule has 2 unspecified atom stereocenters. The third-order valence-corrected chi connectivity index (χ3v) is 5.28. The first kappa shape index (κ1) is 24.2. The van der Waals surface area contributed by atoms with Crippen molar-refractivity contribution < 1.29 is 23.4 Å². The highest BCUT2D eigenvalue weighted by Crippen LogP contribution is 2.21. The number of benzene rings is 1. The lowest BCUT2D eigenvalue weighted by molar-refractivity contribution is -0.139. The summed E-state index contributed by atoms with van der Waals surface area (Å²) in [6.07, 6.45) is 0.739. The summed E-state index contributed by atoms with van der Waals surface area (Å²) in [5.74, 6) is -0.344. The van der Waals surface area contributed by atoms with E-state index in [1.807, 2.05) is 26.8 Å². The highest BCUT2D eigenvalue weighted by molar-refractivity contribution is 5.67. The molecule has 0 aromatic heterocycles. The maximum Gasteiger partial charge on any atom is 0.407 e. The van der Waals surface area contributed by atoms with Gasteiger partial charge in [-0.3, -0.25) is 9.80 Å². The van der Waals surface area contributed by atoms with Crippen LogP contribution in [-0.2, 0) is 9.47 Å². The van der Waals surface area contributed by atoms with E-state index in [0.717, 1.165) is 39.1 Å². The molecule has 2 aliphatic heterocycles. The fourth-order valence-electron chi connectivity index (χ4n) is 4.01. The molecular weight excluding hydrogens is 415 g/mol. The Hall–Kier alpha value is -2.41. The molecule has 1 aromatic carbocycles. The second-order valence-electron chi connectivity index (χ2n) is 9.29. The van der Waals surface area contributed by atoms with Crippen LogP contribution in [0, 0.1) is 17.1 Å². The smallest absolute Gasteiger partial charge is 0.407 e. The fraction of sp³-hybridized carbons (Fsp3) is 0.652. The molecule has 0 aliphatic carbocycles. The second-order valence-corrected chi connectivity index (χ2v) is 9.29. The van der Waals surface area contributed by atoms with E-state index in [0.29, 0.717) is 19.7 Å². The largest absolute Gasteiger partial charge is 0.489 e. The Bertz CT molecular complexity index is 809. The van der Waals surface area contributed by atoms with Gasteiger partial charge in [-0.05, 0) is 45.4 Å². The number of nitrogens with zero attached hydrogens (tertiary/aromatic N) is 3. The minimum absolute atomic E-state index is 0.132. The molecule has 1 N–H and O–H groups in total. The summed E-state index contributed by atoms with van der Waals surface area (Å²) < 4.78 is 30.8. The molecule has 1 amide bonds. The van der Waals surface area contributed by atoms with Crippen LogP contribution in [0.1, 0.15) is 32.8 Å². The average Bonchev–Trinajstić information content (AvgIpc) is 2.70. The third kappa shape index (κ3) is 7.62. The first-order valence-corrected chi connectivity index (χ1v) is 11.1. The Morgan fingerprint density at radius 1 is 1.22 bits per heavy atom. The van der Waals surface area contributed by atoms with E-state index >= 15 is 0 Å². The van der Waals surface area contributed by atoms with Gasteiger partial charge in [0.05, 0.1) is 23.8 Å². The predicted octanol–water partition coefficient (Wildman–Crippen LogP) is 2.38. The number of fused-ring (bicyclic) bond motifs is 2. The molecule has 2 atom stereocenters. The first-order chi connectivity index (χ1) is 15.2. The maximum atomic E-state index is 13.9. The van der Waals surface area contributed by atoms with Crippen molar-refractivity contribution in [3.05, 3.63) is 29.6 Å². The molecule has 0 spiro atoms. The Morgan fingerprint density at radius 3 is 2.47 bits per heavy atom. The van der Waals surface area contributed by atoms with Crippen molar-refractivity contribution in [3.63, 3.8) is 0 Å². The number of ether oxygens (including phenoxy) is 3. The minimum Gasteiger partial charge on any atom is -0.489 e. The SMILES string of the molecule is CC(C)(C)OC(=O)NCCCN1CC2CN(CCOc3ccc(C#N)cc3F)CC(C1)O2. The molecule has 2 saturated heterocycles. The zero-order valence-electron chi connectivity index (χ0n) is 19.1. The van der Waals surface area contributed by atoms with Crippen LogP contribution in [-0.4, -0.2) is 86.1 Å². The van der Waals surface area contributed by atoms with Gasteiger partial charge in [0.15, 0.2) is 11.6 Å². The van der Waals surface area contributed by atoms with Crippen LogP contribution in [0.2, 0.25) is 0 Å². The zero-order chi connectivity index (χ0) is 23.1. The molecule has 2 fully saturated rings. The lowest BCUT2D eigenvalue weighted by Crippen LogP contribution is -2.60. The van der Waals surface area contributed by atoms with E-state index in [2.05, 4.69) is 15.1 Å². The quantitative estimate of drug-likeness (QED) is 0.611. The number of hydrogen-bond donors (Lipinski definition) is 1. The van der Waals surface area contributed by atoms with E-state index < -0.39 is 11.4 Å². The Balaban J connectivity index is 1.34. The van der Waals surface area contributed by atoms with E-state index in [4.69, 9.17) is 19.5 Å². The van der Waals surface area contributed by atoms with Crippen LogP contribution in [0.5, 0.6) is 5.75 Å². The van der Waals surface area contributed by atoms with Gasteiger partial charge < -0.3 is 19.5 Å². The Labute approximate surface area is 189 Å². The van der Waals surface area contributed by atoms with E-state index in [9.17, 15) is 9.18 Å². The van der Waals surface area contributed by atoms with Gasteiger partial charge in [0.1, 0.15) is 12.2 Å².